The van der Waals surface area contributed by atoms with E-state index < -0.39 is 0 Å². The normalized spacial score (nSPS) is 20.9. The summed E-state index contributed by atoms with van der Waals surface area (Å²) in [5.41, 5.74) is 0.119. The van der Waals surface area contributed by atoms with Crippen LogP contribution in [-0.2, 0) is 4.74 Å². The van der Waals surface area contributed by atoms with Gasteiger partial charge in [0.15, 0.2) is 0 Å². The van der Waals surface area contributed by atoms with E-state index in [-0.39, 0.29) is 11.6 Å². The van der Waals surface area contributed by atoms with E-state index in [1.807, 2.05) is 7.05 Å². The molecule has 1 rings (SSSR count). The van der Waals surface area contributed by atoms with Crippen LogP contribution in [0.25, 0.3) is 0 Å². The van der Waals surface area contributed by atoms with Crippen molar-refractivity contribution in [3.05, 3.63) is 11.8 Å². The molecular weight excluding hydrogens is 212 g/mol. The van der Waals surface area contributed by atoms with Crippen LogP contribution in [0.15, 0.2) is 11.8 Å². The van der Waals surface area contributed by atoms with Crippen LogP contribution < -0.4 is 5.32 Å². The number of rotatable bonds is 7. The SMILES string of the molecule is CCN(CC)C(C)(CC)C(NC)C1=CCCO1. The number of hydrogen-bond acceptors (Lipinski definition) is 3. The third-order valence-electron chi connectivity index (χ3n) is 4.13. The van der Waals surface area contributed by atoms with Gasteiger partial charge in [-0.05, 0) is 39.6 Å². The Morgan fingerprint density at radius 2 is 2.06 bits per heavy atom. The highest BCUT2D eigenvalue weighted by Crippen LogP contribution is 2.30. The summed E-state index contributed by atoms with van der Waals surface area (Å²) in [5.74, 6) is 1.13. The third kappa shape index (κ3) is 2.83. The van der Waals surface area contributed by atoms with E-state index in [1.54, 1.807) is 0 Å². The summed E-state index contributed by atoms with van der Waals surface area (Å²) in [5, 5.41) is 3.45. The zero-order valence-electron chi connectivity index (χ0n) is 12.0. The predicted octanol–water partition coefficient (Wildman–Crippen LogP) is 2.39. The summed E-state index contributed by atoms with van der Waals surface area (Å²) < 4.78 is 5.77. The average Bonchev–Trinajstić information content (AvgIpc) is 2.85. The van der Waals surface area contributed by atoms with Gasteiger partial charge in [0.05, 0.1) is 12.6 Å². The lowest BCUT2D eigenvalue weighted by Crippen LogP contribution is -2.59. The van der Waals surface area contributed by atoms with Crippen molar-refractivity contribution in [1.29, 1.82) is 0 Å². The Hall–Kier alpha value is -0.540. The van der Waals surface area contributed by atoms with E-state index in [4.69, 9.17) is 4.74 Å². The molecule has 0 bridgehead atoms. The van der Waals surface area contributed by atoms with Gasteiger partial charge < -0.3 is 10.1 Å². The highest BCUT2D eigenvalue weighted by Gasteiger charge is 2.39. The second-order valence-corrected chi connectivity index (χ2v) is 4.85. The van der Waals surface area contributed by atoms with Gasteiger partial charge in [0.25, 0.3) is 0 Å². The van der Waals surface area contributed by atoms with Crippen LogP contribution in [-0.4, -0.2) is 43.2 Å². The van der Waals surface area contributed by atoms with Gasteiger partial charge >= 0.3 is 0 Å². The standard InChI is InChI=1S/C14H28N2O/c1-6-14(4,16(7-2)8-3)13(15-5)12-10-9-11-17-12/h10,13,15H,6-9,11H2,1-5H3. The van der Waals surface area contributed by atoms with Crippen molar-refractivity contribution in [2.24, 2.45) is 0 Å². The topological polar surface area (TPSA) is 24.5 Å². The summed E-state index contributed by atoms with van der Waals surface area (Å²) in [6, 6.07) is 0.287. The predicted molar refractivity (Wildman–Crippen MR) is 73.1 cm³/mol. The third-order valence-corrected chi connectivity index (χ3v) is 4.13. The van der Waals surface area contributed by atoms with E-state index in [2.05, 4.69) is 44.0 Å². The lowest BCUT2D eigenvalue weighted by molar-refractivity contribution is 0.0612. The molecular formula is C14H28N2O. The van der Waals surface area contributed by atoms with Gasteiger partial charge in [0.2, 0.25) is 0 Å². The first-order valence-corrected chi connectivity index (χ1v) is 6.89. The van der Waals surface area contributed by atoms with Crippen molar-refractivity contribution in [1.82, 2.24) is 10.2 Å². The van der Waals surface area contributed by atoms with E-state index in [1.165, 1.54) is 0 Å². The molecule has 100 valence electrons. The summed E-state index contributed by atoms with van der Waals surface area (Å²) in [7, 11) is 2.03. The number of ether oxygens (including phenoxy) is 1. The molecule has 2 atom stereocenters. The minimum atomic E-state index is 0.119. The molecule has 0 aromatic rings. The fraction of sp³-hybridized carbons (Fsp3) is 0.857. The van der Waals surface area contributed by atoms with Gasteiger partial charge in [0, 0.05) is 12.0 Å². The fourth-order valence-electron chi connectivity index (χ4n) is 2.95. The monoisotopic (exact) mass is 240 g/mol. The van der Waals surface area contributed by atoms with Crippen molar-refractivity contribution >= 4 is 0 Å². The highest BCUT2D eigenvalue weighted by atomic mass is 16.5. The Labute approximate surface area is 106 Å². The van der Waals surface area contributed by atoms with Crippen molar-refractivity contribution in [3.8, 4) is 0 Å². The van der Waals surface area contributed by atoms with Gasteiger partial charge in [-0.3, -0.25) is 4.90 Å². The fourth-order valence-corrected chi connectivity index (χ4v) is 2.95. The van der Waals surface area contributed by atoms with Gasteiger partial charge in [-0.1, -0.05) is 20.8 Å². The molecule has 17 heavy (non-hydrogen) atoms. The van der Waals surface area contributed by atoms with Crippen LogP contribution >= 0.6 is 0 Å². The van der Waals surface area contributed by atoms with Crippen LogP contribution in [0.4, 0.5) is 0 Å². The largest absolute Gasteiger partial charge is 0.496 e. The number of likely N-dealkylation sites (N-methyl/N-ethyl adjacent to an activating group) is 2. The van der Waals surface area contributed by atoms with Crippen LogP contribution in [0.3, 0.4) is 0 Å². The number of nitrogens with zero attached hydrogens (tertiary/aromatic N) is 1. The molecule has 0 spiro atoms. The van der Waals surface area contributed by atoms with E-state index in [9.17, 15) is 0 Å². The maximum absolute atomic E-state index is 5.77. The summed E-state index contributed by atoms with van der Waals surface area (Å²) in [6.07, 6.45) is 4.39. The zero-order chi connectivity index (χ0) is 12.9. The van der Waals surface area contributed by atoms with E-state index >= 15 is 0 Å². The molecule has 0 saturated carbocycles. The molecule has 0 radical (unpaired) electrons. The zero-order valence-corrected chi connectivity index (χ0v) is 12.0. The molecule has 0 aliphatic carbocycles. The molecule has 0 saturated heterocycles. The molecule has 2 unspecified atom stereocenters. The van der Waals surface area contributed by atoms with Crippen molar-refractivity contribution in [2.45, 2.75) is 52.1 Å². The minimum absolute atomic E-state index is 0.119. The molecule has 1 aliphatic rings. The van der Waals surface area contributed by atoms with Crippen LogP contribution in [0.5, 0.6) is 0 Å². The lowest BCUT2D eigenvalue weighted by Gasteiger charge is -2.45. The smallest absolute Gasteiger partial charge is 0.111 e. The first-order valence-electron chi connectivity index (χ1n) is 6.89. The quantitative estimate of drug-likeness (QED) is 0.739. The van der Waals surface area contributed by atoms with Crippen LogP contribution in [0.1, 0.15) is 40.5 Å². The number of nitrogens with one attached hydrogen (secondary N) is 1. The lowest BCUT2D eigenvalue weighted by atomic mass is 9.85. The van der Waals surface area contributed by atoms with Gasteiger partial charge in [0.1, 0.15) is 5.76 Å². The maximum atomic E-state index is 5.77. The molecule has 1 aliphatic heterocycles. The Morgan fingerprint density at radius 3 is 2.41 bits per heavy atom. The summed E-state index contributed by atoms with van der Waals surface area (Å²) in [4.78, 5) is 2.52. The molecule has 3 nitrogen and oxygen atoms in total. The molecule has 0 aromatic heterocycles. The average molecular weight is 240 g/mol. The molecule has 1 heterocycles. The van der Waals surface area contributed by atoms with E-state index in [0.717, 1.165) is 38.3 Å². The molecule has 0 aromatic carbocycles. The molecule has 3 heteroatoms. The van der Waals surface area contributed by atoms with Gasteiger partial charge in [-0.25, -0.2) is 0 Å². The first-order chi connectivity index (χ1) is 8.13. The second kappa shape index (κ2) is 6.41. The maximum Gasteiger partial charge on any atom is 0.111 e. The second-order valence-electron chi connectivity index (χ2n) is 4.85. The van der Waals surface area contributed by atoms with E-state index in [0.29, 0.717) is 0 Å². The van der Waals surface area contributed by atoms with Crippen molar-refractivity contribution < 1.29 is 4.74 Å². The van der Waals surface area contributed by atoms with Crippen LogP contribution in [0, 0.1) is 0 Å². The molecule has 1 N–H and O–H groups in total. The molecule has 0 amide bonds. The highest BCUT2D eigenvalue weighted by molar-refractivity contribution is 5.15. The Kier molecular flexibility index (Phi) is 5.47. The summed E-state index contributed by atoms with van der Waals surface area (Å²) in [6.45, 7) is 12.0. The minimum Gasteiger partial charge on any atom is -0.496 e. The Morgan fingerprint density at radius 1 is 1.41 bits per heavy atom. The Bertz CT molecular complexity index is 261. The van der Waals surface area contributed by atoms with Gasteiger partial charge in [-0.15, -0.1) is 0 Å². The van der Waals surface area contributed by atoms with Crippen molar-refractivity contribution in [3.63, 3.8) is 0 Å². The Balaban J connectivity index is 2.94. The van der Waals surface area contributed by atoms with Gasteiger partial charge in [-0.2, -0.15) is 0 Å². The van der Waals surface area contributed by atoms with Crippen LogP contribution in [0.2, 0.25) is 0 Å². The first kappa shape index (κ1) is 14.5. The summed E-state index contributed by atoms with van der Waals surface area (Å²) >= 11 is 0. The van der Waals surface area contributed by atoms with Crippen molar-refractivity contribution in [2.75, 3.05) is 26.7 Å². The number of hydrogen-bond donors (Lipinski definition) is 1. The molecule has 0 fully saturated rings.